The average molecular weight is 488 g/mol. The van der Waals surface area contributed by atoms with Gasteiger partial charge in [-0.1, -0.05) is 0 Å². The van der Waals surface area contributed by atoms with Gasteiger partial charge in [0, 0.05) is 62.7 Å². The maximum atomic E-state index is 13.6. The summed E-state index contributed by atoms with van der Waals surface area (Å²) in [7, 11) is 1.64. The van der Waals surface area contributed by atoms with Gasteiger partial charge in [-0.15, -0.1) is 0 Å². The fraction of sp³-hybridized carbons (Fsp3) is 0.296. The molecule has 0 saturated heterocycles. The van der Waals surface area contributed by atoms with E-state index in [1.807, 2.05) is 29.2 Å². The van der Waals surface area contributed by atoms with E-state index in [-0.39, 0.29) is 24.8 Å². The summed E-state index contributed by atoms with van der Waals surface area (Å²) in [5.41, 5.74) is 4.16. The Hall–Kier alpha value is -4.27. The minimum absolute atomic E-state index is 0.0961. The fourth-order valence-corrected chi connectivity index (χ4v) is 4.28. The number of rotatable bonds is 9. The molecular weight excluding hydrogens is 458 g/mol. The first-order chi connectivity index (χ1) is 17.4. The quantitative estimate of drug-likeness (QED) is 0.477. The Morgan fingerprint density at radius 3 is 2.14 bits per heavy atom. The molecule has 2 amide bonds. The number of pyridine rings is 2. The highest BCUT2D eigenvalue weighted by Crippen LogP contribution is 2.25. The summed E-state index contributed by atoms with van der Waals surface area (Å²) >= 11 is 0. The lowest BCUT2D eigenvalue weighted by molar-refractivity contribution is -0.141. The van der Waals surface area contributed by atoms with Crippen LogP contribution in [0.2, 0.25) is 0 Å². The van der Waals surface area contributed by atoms with E-state index >= 15 is 0 Å². The van der Waals surface area contributed by atoms with Crippen LogP contribution in [0.1, 0.15) is 33.5 Å². The van der Waals surface area contributed by atoms with E-state index in [0.29, 0.717) is 37.2 Å². The highest BCUT2D eigenvalue weighted by molar-refractivity contribution is 5.96. The summed E-state index contributed by atoms with van der Waals surface area (Å²) in [6.07, 6.45) is 8.05. The smallest absolute Gasteiger partial charge is 0.305 e. The van der Waals surface area contributed by atoms with Crippen molar-refractivity contribution in [3.8, 4) is 0 Å². The van der Waals surface area contributed by atoms with Crippen molar-refractivity contribution in [2.45, 2.75) is 31.8 Å². The van der Waals surface area contributed by atoms with Crippen molar-refractivity contribution < 1.29 is 19.5 Å². The number of aliphatic carboxylic acids is 1. The summed E-state index contributed by atoms with van der Waals surface area (Å²) in [6.45, 7) is 1.37. The van der Waals surface area contributed by atoms with Gasteiger partial charge in [0.25, 0.3) is 5.91 Å². The van der Waals surface area contributed by atoms with Crippen molar-refractivity contribution >= 4 is 23.5 Å². The lowest BCUT2D eigenvalue weighted by Crippen LogP contribution is -2.39. The van der Waals surface area contributed by atoms with Gasteiger partial charge in [-0.2, -0.15) is 0 Å². The van der Waals surface area contributed by atoms with Crippen molar-refractivity contribution in [1.82, 2.24) is 19.8 Å². The number of likely N-dealkylation sites (N-methyl/N-ethyl adjacent to an activating group) is 1. The number of carboxylic acids is 1. The maximum Gasteiger partial charge on any atom is 0.305 e. The second-order valence-electron chi connectivity index (χ2n) is 8.86. The van der Waals surface area contributed by atoms with E-state index in [1.54, 1.807) is 50.0 Å². The third-order valence-corrected chi connectivity index (χ3v) is 6.27. The number of carboxylic acid groups (broad SMARTS) is 1. The van der Waals surface area contributed by atoms with E-state index < -0.39 is 12.0 Å². The molecule has 0 spiro atoms. The lowest BCUT2D eigenvalue weighted by Gasteiger charge is -2.24. The maximum absolute atomic E-state index is 13.6. The van der Waals surface area contributed by atoms with Gasteiger partial charge in [0.05, 0.1) is 6.42 Å². The van der Waals surface area contributed by atoms with Gasteiger partial charge in [0.15, 0.2) is 0 Å². The number of carbonyl (C=O) groups is 3. The predicted octanol–water partition coefficient (Wildman–Crippen LogP) is 2.63. The molecule has 9 nitrogen and oxygen atoms in total. The van der Waals surface area contributed by atoms with Crippen molar-refractivity contribution in [2.24, 2.45) is 0 Å². The van der Waals surface area contributed by atoms with Crippen LogP contribution in [0.4, 0.5) is 5.69 Å². The fourth-order valence-electron chi connectivity index (χ4n) is 4.28. The number of carbonyl (C=O) groups excluding carboxylic acids is 2. The van der Waals surface area contributed by atoms with Crippen LogP contribution in [0, 0.1) is 0 Å². The van der Waals surface area contributed by atoms with Gasteiger partial charge in [-0.05, 0) is 72.0 Å². The third kappa shape index (κ3) is 6.24. The molecule has 0 aliphatic carbocycles. The normalized spacial score (nSPS) is 15.0. The van der Waals surface area contributed by atoms with Crippen LogP contribution in [-0.2, 0) is 29.0 Å². The van der Waals surface area contributed by atoms with E-state index in [1.165, 1.54) is 4.90 Å². The first-order valence-electron chi connectivity index (χ1n) is 11.8. The first-order valence-corrected chi connectivity index (χ1v) is 11.8. The van der Waals surface area contributed by atoms with Crippen LogP contribution in [0.3, 0.4) is 0 Å². The number of anilines is 1. The number of amides is 2. The SMILES string of the molecule is CN1Cc2cc(C(=O)N(CCc3ccncc3)CCc3ccncc3)ccc2NC(CC(=O)O)C1=O. The minimum atomic E-state index is -1.05. The number of aromatic nitrogens is 2. The molecular formula is C27H29N5O4. The molecule has 0 bridgehead atoms. The molecule has 2 aromatic heterocycles. The number of benzene rings is 1. The Bertz CT molecular complexity index is 1180. The van der Waals surface area contributed by atoms with Gasteiger partial charge >= 0.3 is 5.97 Å². The van der Waals surface area contributed by atoms with Crippen LogP contribution in [0.5, 0.6) is 0 Å². The zero-order valence-electron chi connectivity index (χ0n) is 20.1. The van der Waals surface area contributed by atoms with Crippen molar-refractivity contribution in [3.05, 3.63) is 89.5 Å². The molecule has 36 heavy (non-hydrogen) atoms. The van der Waals surface area contributed by atoms with Crippen LogP contribution in [-0.4, -0.2) is 68.8 Å². The predicted molar refractivity (Wildman–Crippen MR) is 134 cm³/mol. The Labute approximate surface area is 209 Å². The van der Waals surface area contributed by atoms with E-state index in [4.69, 9.17) is 0 Å². The lowest BCUT2D eigenvalue weighted by atomic mass is 10.1. The van der Waals surface area contributed by atoms with Crippen LogP contribution >= 0.6 is 0 Å². The Morgan fingerprint density at radius 2 is 1.58 bits per heavy atom. The van der Waals surface area contributed by atoms with Gasteiger partial charge in [0.1, 0.15) is 6.04 Å². The summed E-state index contributed by atoms with van der Waals surface area (Å²) in [5.74, 6) is -1.44. The number of fused-ring (bicyclic) bond motifs is 1. The molecule has 1 aliphatic heterocycles. The van der Waals surface area contributed by atoms with Gasteiger partial charge < -0.3 is 20.2 Å². The molecule has 9 heteroatoms. The van der Waals surface area contributed by atoms with E-state index in [9.17, 15) is 19.5 Å². The zero-order valence-corrected chi connectivity index (χ0v) is 20.1. The highest BCUT2D eigenvalue weighted by atomic mass is 16.4. The molecule has 1 atom stereocenters. The molecule has 0 radical (unpaired) electrons. The first kappa shape index (κ1) is 24.8. The summed E-state index contributed by atoms with van der Waals surface area (Å²) in [5, 5.41) is 12.2. The standard InChI is InChI=1S/C27H29N5O4/c1-31-18-22-16-21(2-3-23(22)30-24(27(31)36)17-25(33)34)26(35)32(14-8-19-4-10-28-11-5-19)15-9-20-6-12-29-13-7-20/h2-7,10-13,16,24,30H,8-9,14-15,17-18H2,1H3,(H,33,34). The van der Waals surface area contributed by atoms with Gasteiger partial charge in [-0.3, -0.25) is 24.4 Å². The number of nitrogens with one attached hydrogen (secondary N) is 1. The molecule has 4 rings (SSSR count). The topological polar surface area (TPSA) is 116 Å². The summed E-state index contributed by atoms with van der Waals surface area (Å²) in [6, 6.07) is 12.2. The van der Waals surface area contributed by atoms with Crippen LogP contribution in [0.15, 0.2) is 67.3 Å². The third-order valence-electron chi connectivity index (χ3n) is 6.27. The summed E-state index contributed by atoms with van der Waals surface area (Å²) < 4.78 is 0. The molecule has 3 heterocycles. The molecule has 1 aromatic carbocycles. The van der Waals surface area contributed by atoms with Crippen molar-refractivity contribution in [3.63, 3.8) is 0 Å². The number of nitrogens with zero attached hydrogens (tertiary/aromatic N) is 4. The van der Waals surface area contributed by atoms with Crippen LogP contribution < -0.4 is 5.32 Å². The van der Waals surface area contributed by atoms with Crippen molar-refractivity contribution in [2.75, 3.05) is 25.5 Å². The number of hydrogen-bond acceptors (Lipinski definition) is 6. The Kier molecular flexibility index (Phi) is 7.89. The minimum Gasteiger partial charge on any atom is -0.481 e. The van der Waals surface area contributed by atoms with Gasteiger partial charge in [-0.25, -0.2) is 0 Å². The van der Waals surface area contributed by atoms with Crippen molar-refractivity contribution in [1.29, 1.82) is 0 Å². The van der Waals surface area contributed by atoms with E-state index in [2.05, 4.69) is 15.3 Å². The summed E-state index contributed by atoms with van der Waals surface area (Å²) in [4.78, 5) is 48.9. The Morgan fingerprint density at radius 1 is 1.00 bits per heavy atom. The number of hydrogen-bond donors (Lipinski definition) is 2. The monoisotopic (exact) mass is 487 g/mol. The highest BCUT2D eigenvalue weighted by Gasteiger charge is 2.29. The molecule has 0 fully saturated rings. The largest absolute Gasteiger partial charge is 0.481 e. The molecule has 2 N–H and O–H groups in total. The zero-order chi connectivity index (χ0) is 25.5. The van der Waals surface area contributed by atoms with Crippen LogP contribution in [0.25, 0.3) is 0 Å². The van der Waals surface area contributed by atoms with Gasteiger partial charge in [0.2, 0.25) is 5.91 Å². The molecule has 3 aromatic rings. The molecule has 1 aliphatic rings. The second-order valence-corrected chi connectivity index (χ2v) is 8.86. The Balaban J connectivity index is 1.55. The second kappa shape index (κ2) is 11.4. The molecule has 0 saturated carbocycles. The average Bonchev–Trinajstić information content (AvgIpc) is 3.00. The molecule has 186 valence electrons. The molecule has 1 unspecified atom stereocenters. The van der Waals surface area contributed by atoms with E-state index in [0.717, 1.165) is 16.7 Å².